The van der Waals surface area contributed by atoms with Crippen LogP contribution in [-0.4, -0.2) is 22.1 Å². The maximum Gasteiger partial charge on any atom is 0.307 e. The molecular weight excluding hydrogens is 258 g/mol. The molecule has 0 saturated heterocycles. The Balaban J connectivity index is 1.78. The first-order valence-electron chi connectivity index (χ1n) is 6.57. The molecule has 104 valence electrons. The second-order valence-electron chi connectivity index (χ2n) is 5.37. The standard InChI is InChI=1S/C15H15NO4/c17-11-5-3-10(4-6-11)16-14(18)12-8-1-2-9(7-8)13(12)15(19)20/h1-6,8-9,12-13,17H,7H2,(H,16,18)(H,19,20)/t8-,9-,12+,13-/m0/s1. The molecule has 1 aromatic carbocycles. The van der Waals surface area contributed by atoms with Gasteiger partial charge in [-0.1, -0.05) is 12.2 Å². The highest BCUT2D eigenvalue weighted by atomic mass is 16.4. The van der Waals surface area contributed by atoms with Crippen molar-refractivity contribution in [3.63, 3.8) is 0 Å². The number of carbonyl (C=O) groups is 2. The third-order valence-corrected chi connectivity index (χ3v) is 4.18. The summed E-state index contributed by atoms with van der Waals surface area (Å²) in [6, 6.07) is 6.13. The van der Waals surface area contributed by atoms with Crippen LogP contribution in [0.1, 0.15) is 6.42 Å². The van der Waals surface area contributed by atoms with E-state index in [9.17, 15) is 19.8 Å². The number of phenols is 1. The van der Waals surface area contributed by atoms with E-state index < -0.39 is 17.8 Å². The maximum atomic E-state index is 12.3. The van der Waals surface area contributed by atoms with Gasteiger partial charge >= 0.3 is 5.97 Å². The van der Waals surface area contributed by atoms with E-state index >= 15 is 0 Å². The average molecular weight is 273 g/mol. The van der Waals surface area contributed by atoms with E-state index in [0.717, 1.165) is 6.42 Å². The zero-order chi connectivity index (χ0) is 14.3. The molecule has 2 aliphatic carbocycles. The van der Waals surface area contributed by atoms with Gasteiger partial charge in [-0.25, -0.2) is 0 Å². The number of carboxylic acid groups (broad SMARTS) is 1. The molecule has 0 spiro atoms. The fourth-order valence-electron chi connectivity index (χ4n) is 3.29. The molecule has 4 atom stereocenters. The highest BCUT2D eigenvalue weighted by Crippen LogP contribution is 2.48. The lowest BCUT2D eigenvalue weighted by molar-refractivity contribution is -0.146. The maximum absolute atomic E-state index is 12.3. The molecule has 5 heteroatoms. The minimum atomic E-state index is -0.910. The van der Waals surface area contributed by atoms with Gasteiger partial charge in [-0.15, -0.1) is 0 Å². The van der Waals surface area contributed by atoms with Gasteiger partial charge < -0.3 is 15.5 Å². The van der Waals surface area contributed by atoms with E-state index in [1.807, 2.05) is 12.2 Å². The summed E-state index contributed by atoms with van der Waals surface area (Å²) < 4.78 is 0. The number of benzene rings is 1. The number of phenolic OH excluding ortho intramolecular Hbond substituents is 1. The van der Waals surface area contributed by atoms with Gasteiger partial charge in [-0.3, -0.25) is 9.59 Å². The molecule has 1 amide bonds. The van der Waals surface area contributed by atoms with Crippen molar-refractivity contribution < 1.29 is 19.8 Å². The second kappa shape index (κ2) is 4.67. The number of hydrogen-bond acceptors (Lipinski definition) is 3. The van der Waals surface area contributed by atoms with Crippen molar-refractivity contribution >= 4 is 17.6 Å². The highest BCUT2D eigenvalue weighted by molar-refractivity contribution is 5.96. The minimum Gasteiger partial charge on any atom is -0.508 e. The lowest BCUT2D eigenvalue weighted by atomic mass is 9.82. The molecule has 1 saturated carbocycles. The summed E-state index contributed by atoms with van der Waals surface area (Å²) in [6.07, 6.45) is 4.60. The van der Waals surface area contributed by atoms with Crippen LogP contribution < -0.4 is 5.32 Å². The molecule has 0 heterocycles. The van der Waals surface area contributed by atoms with Crippen molar-refractivity contribution in [2.45, 2.75) is 6.42 Å². The van der Waals surface area contributed by atoms with Crippen LogP contribution in [0.5, 0.6) is 5.75 Å². The third-order valence-electron chi connectivity index (χ3n) is 4.18. The van der Waals surface area contributed by atoms with Gasteiger partial charge in [0.2, 0.25) is 5.91 Å². The normalized spacial score (nSPS) is 30.4. The van der Waals surface area contributed by atoms with Crippen molar-refractivity contribution in [3.8, 4) is 5.75 Å². The first-order valence-corrected chi connectivity index (χ1v) is 6.57. The third kappa shape index (κ3) is 2.05. The predicted molar refractivity (Wildman–Crippen MR) is 72.1 cm³/mol. The van der Waals surface area contributed by atoms with Crippen LogP contribution >= 0.6 is 0 Å². The Morgan fingerprint density at radius 3 is 2.25 bits per heavy atom. The zero-order valence-corrected chi connectivity index (χ0v) is 10.7. The van der Waals surface area contributed by atoms with Crippen molar-refractivity contribution in [3.05, 3.63) is 36.4 Å². The number of fused-ring (bicyclic) bond motifs is 2. The molecule has 2 bridgehead atoms. The summed E-state index contributed by atoms with van der Waals surface area (Å²) in [5.41, 5.74) is 0.559. The average Bonchev–Trinajstić information content (AvgIpc) is 3.01. The SMILES string of the molecule is O=C(O)[C@@H]1[C@H](C(=O)Nc2ccc(O)cc2)[C@H]2C=C[C@H]1C2. The fraction of sp³-hybridized carbons (Fsp3) is 0.333. The van der Waals surface area contributed by atoms with Crippen LogP contribution in [0.3, 0.4) is 0 Å². The zero-order valence-electron chi connectivity index (χ0n) is 10.7. The van der Waals surface area contributed by atoms with Gasteiger partial charge in [0.1, 0.15) is 5.75 Å². The quantitative estimate of drug-likeness (QED) is 0.579. The number of aliphatic carboxylic acids is 1. The van der Waals surface area contributed by atoms with Gasteiger partial charge in [0.05, 0.1) is 11.8 Å². The lowest BCUT2D eigenvalue weighted by Crippen LogP contribution is -2.36. The summed E-state index contributed by atoms with van der Waals surface area (Å²) in [5.74, 6) is -2.23. The summed E-state index contributed by atoms with van der Waals surface area (Å²) in [7, 11) is 0. The monoisotopic (exact) mass is 273 g/mol. The van der Waals surface area contributed by atoms with Gasteiger partial charge in [0.25, 0.3) is 0 Å². The molecule has 0 unspecified atom stereocenters. The molecule has 0 radical (unpaired) electrons. The van der Waals surface area contributed by atoms with Crippen LogP contribution in [0.4, 0.5) is 5.69 Å². The fourth-order valence-corrected chi connectivity index (χ4v) is 3.29. The van der Waals surface area contributed by atoms with E-state index in [0.29, 0.717) is 5.69 Å². The molecule has 0 aliphatic heterocycles. The Morgan fingerprint density at radius 1 is 1.05 bits per heavy atom. The molecule has 1 fully saturated rings. The number of carbonyl (C=O) groups excluding carboxylic acids is 1. The summed E-state index contributed by atoms with van der Waals surface area (Å²) >= 11 is 0. The Labute approximate surface area is 115 Å². The second-order valence-corrected chi connectivity index (χ2v) is 5.37. The molecule has 3 N–H and O–H groups in total. The minimum absolute atomic E-state index is 0.0122. The molecule has 20 heavy (non-hydrogen) atoms. The Kier molecular flexibility index (Phi) is 2.97. The topological polar surface area (TPSA) is 86.6 Å². The molecule has 3 rings (SSSR count). The van der Waals surface area contributed by atoms with Gasteiger partial charge in [-0.2, -0.15) is 0 Å². The van der Waals surface area contributed by atoms with Crippen molar-refractivity contribution in [1.82, 2.24) is 0 Å². The number of anilines is 1. The van der Waals surface area contributed by atoms with E-state index in [-0.39, 0.29) is 23.5 Å². The highest BCUT2D eigenvalue weighted by Gasteiger charge is 2.51. The van der Waals surface area contributed by atoms with Crippen LogP contribution in [0, 0.1) is 23.7 Å². The Bertz CT molecular complexity index is 578. The summed E-state index contributed by atoms with van der Waals surface area (Å²) in [6.45, 7) is 0. The van der Waals surface area contributed by atoms with Gasteiger partial charge in [0.15, 0.2) is 0 Å². The van der Waals surface area contributed by atoms with Crippen LogP contribution in [0.2, 0.25) is 0 Å². The van der Waals surface area contributed by atoms with E-state index in [2.05, 4.69) is 5.32 Å². The molecule has 5 nitrogen and oxygen atoms in total. The number of amides is 1. The number of carboxylic acids is 1. The van der Waals surface area contributed by atoms with Crippen molar-refractivity contribution in [2.24, 2.45) is 23.7 Å². The van der Waals surface area contributed by atoms with E-state index in [4.69, 9.17) is 0 Å². The Morgan fingerprint density at radius 2 is 1.65 bits per heavy atom. The van der Waals surface area contributed by atoms with Crippen LogP contribution in [0.15, 0.2) is 36.4 Å². The number of hydrogen-bond donors (Lipinski definition) is 3. The smallest absolute Gasteiger partial charge is 0.307 e. The van der Waals surface area contributed by atoms with E-state index in [1.165, 1.54) is 12.1 Å². The molecule has 1 aromatic rings. The first kappa shape index (κ1) is 12.7. The van der Waals surface area contributed by atoms with Gasteiger partial charge in [-0.05, 0) is 42.5 Å². The van der Waals surface area contributed by atoms with Crippen LogP contribution in [-0.2, 0) is 9.59 Å². The van der Waals surface area contributed by atoms with Crippen molar-refractivity contribution in [2.75, 3.05) is 5.32 Å². The lowest BCUT2D eigenvalue weighted by Gasteiger charge is -2.23. The summed E-state index contributed by atoms with van der Waals surface area (Å²) in [4.78, 5) is 23.7. The number of aromatic hydroxyl groups is 1. The van der Waals surface area contributed by atoms with Crippen molar-refractivity contribution in [1.29, 1.82) is 0 Å². The van der Waals surface area contributed by atoms with E-state index in [1.54, 1.807) is 12.1 Å². The first-order chi connectivity index (χ1) is 9.56. The molecule has 2 aliphatic rings. The molecular formula is C15H15NO4. The number of rotatable bonds is 3. The molecule has 0 aromatic heterocycles. The largest absolute Gasteiger partial charge is 0.508 e. The van der Waals surface area contributed by atoms with Gasteiger partial charge in [0, 0.05) is 5.69 Å². The predicted octanol–water partition coefficient (Wildman–Crippen LogP) is 1.85. The summed E-state index contributed by atoms with van der Waals surface area (Å²) in [5, 5.41) is 21.2. The Hall–Kier alpha value is -2.30. The number of nitrogens with one attached hydrogen (secondary N) is 1. The van der Waals surface area contributed by atoms with Crippen LogP contribution in [0.25, 0.3) is 0 Å². The number of allylic oxidation sites excluding steroid dienone is 2.